The van der Waals surface area contributed by atoms with Gasteiger partial charge in [0.1, 0.15) is 5.76 Å². The second kappa shape index (κ2) is 7.68. The van der Waals surface area contributed by atoms with Crippen LogP contribution in [0.2, 0.25) is 0 Å². The summed E-state index contributed by atoms with van der Waals surface area (Å²) in [5, 5.41) is 6.82. The number of hydrogen-bond acceptors (Lipinski definition) is 3. The molecule has 0 bridgehead atoms. The molecule has 0 radical (unpaired) electrons. The second-order valence-electron chi connectivity index (χ2n) is 6.39. The minimum Gasteiger partial charge on any atom is -0.469 e. The lowest BCUT2D eigenvalue weighted by molar-refractivity contribution is -0.176. The third-order valence-corrected chi connectivity index (χ3v) is 5.06. The zero-order chi connectivity index (χ0) is 15.5. The second-order valence-corrected chi connectivity index (χ2v) is 6.39. The summed E-state index contributed by atoms with van der Waals surface area (Å²) in [6.07, 6.45) is 3.53. The highest BCUT2D eigenvalue weighted by Crippen LogP contribution is 2.51. The number of nitrogens with one attached hydrogen (secondary N) is 2. The van der Waals surface area contributed by atoms with Crippen LogP contribution in [0.25, 0.3) is 0 Å². The van der Waals surface area contributed by atoms with E-state index in [1.807, 2.05) is 12.1 Å². The van der Waals surface area contributed by atoms with Gasteiger partial charge in [-0.05, 0) is 25.5 Å². The Bertz CT molecular complexity index is 488. The maximum atomic E-state index is 5.65. The van der Waals surface area contributed by atoms with Gasteiger partial charge in [0.15, 0.2) is 5.96 Å². The normalized spacial score (nSPS) is 26.8. The van der Waals surface area contributed by atoms with Crippen molar-refractivity contribution in [1.29, 1.82) is 0 Å². The largest absolute Gasteiger partial charge is 0.469 e. The predicted octanol–water partition coefficient (Wildman–Crippen LogP) is 2.81. The van der Waals surface area contributed by atoms with Gasteiger partial charge in [-0.3, -0.25) is 4.99 Å². The molecule has 0 aromatic carbocycles. The highest BCUT2D eigenvalue weighted by Gasteiger charge is 2.57. The van der Waals surface area contributed by atoms with Gasteiger partial charge in [0.2, 0.25) is 0 Å². The van der Waals surface area contributed by atoms with Crippen molar-refractivity contribution in [3.05, 3.63) is 24.2 Å². The number of furan rings is 1. The molecular formula is C16H28IN3O2. The molecule has 2 atom stereocenters. The summed E-state index contributed by atoms with van der Waals surface area (Å²) in [5.74, 6) is 1.81. The van der Waals surface area contributed by atoms with Crippen molar-refractivity contribution in [3.8, 4) is 0 Å². The molecule has 5 nitrogen and oxygen atoms in total. The topological polar surface area (TPSA) is 58.8 Å². The van der Waals surface area contributed by atoms with E-state index in [0.717, 1.165) is 31.1 Å². The van der Waals surface area contributed by atoms with Gasteiger partial charge in [-0.1, -0.05) is 13.8 Å². The van der Waals surface area contributed by atoms with E-state index in [1.54, 1.807) is 20.4 Å². The van der Waals surface area contributed by atoms with Crippen LogP contribution in [0.15, 0.2) is 27.8 Å². The smallest absolute Gasteiger partial charge is 0.191 e. The molecule has 1 aliphatic rings. The molecule has 0 spiro atoms. The standard InChI is InChI=1S/C16H27N3O2.HI/c1-15(2)13(11-16(15,3)20-5)19-14(17-4)18-9-8-12-7-6-10-21-12;/h6-7,10,13H,8-9,11H2,1-5H3,(H2,17,18,19);1H. The van der Waals surface area contributed by atoms with Gasteiger partial charge in [-0.15, -0.1) is 24.0 Å². The van der Waals surface area contributed by atoms with E-state index in [0.29, 0.717) is 6.04 Å². The highest BCUT2D eigenvalue weighted by molar-refractivity contribution is 14.0. The molecule has 2 rings (SSSR count). The molecule has 1 fully saturated rings. The van der Waals surface area contributed by atoms with Gasteiger partial charge in [0.25, 0.3) is 0 Å². The van der Waals surface area contributed by atoms with Crippen molar-refractivity contribution < 1.29 is 9.15 Å². The van der Waals surface area contributed by atoms with Gasteiger partial charge < -0.3 is 19.8 Å². The van der Waals surface area contributed by atoms with Crippen molar-refractivity contribution in [3.63, 3.8) is 0 Å². The SMILES string of the molecule is CN=C(NCCc1ccco1)NC1CC(C)(OC)C1(C)C.I. The first kappa shape index (κ1) is 19.3. The Morgan fingerprint density at radius 2 is 2.18 bits per heavy atom. The lowest BCUT2D eigenvalue weighted by Gasteiger charge is -2.59. The van der Waals surface area contributed by atoms with Gasteiger partial charge in [-0.25, -0.2) is 0 Å². The lowest BCUT2D eigenvalue weighted by atomic mass is 9.56. The van der Waals surface area contributed by atoms with Crippen LogP contribution in [0.1, 0.15) is 33.0 Å². The van der Waals surface area contributed by atoms with Crippen LogP contribution < -0.4 is 10.6 Å². The monoisotopic (exact) mass is 421 g/mol. The molecule has 2 unspecified atom stereocenters. The maximum Gasteiger partial charge on any atom is 0.191 e. The molecule has 2 N–H and O–H groups in total. The highest BCUT2D eigenvalue weighted by atomic mass is 127. The Labute approximate surface area is 150 Å². The molecule has 0 aliphatic heterocycles. The number of halogens is 1. The van der Waals surface area contributed by atoms with E-state index in [-0.39, 0.29) is 35.0 Å². The molecule has 1 saturated carbocycles. The number of guanidine groups is 1. The van der Waals surface area contributed by atoms with Gasteiger partial charge in [-0.2, -0.15) is 0 Å². The Kier molecular flexibility index (Phi) is 6.73. The van der Waals surface area contributed by atoms with Crippen molar-refractivity contribution in [2.24, 2.45) is 10.4 Å². The Morgan fingerprint density at radius 3 is 2.68 bits per heavy atom. The predicted molar refractivity (Wildman–Crippen MR) is 99.9 cm³/mol. The maximum absolute atomic E-state index is 5.65. The summed E-state index contributed by atoms with van der Waals surface area (Å²) in [4.78, 5) is 4.29. The lowest BCUT2D eigenvalue weighted by Crippen LogP contribution is -2.69. The van der Waals surface area contributed by atoms with E-state index < -0.39 is 0 Å². The quantitative estimate of drug-likeness (QED) is 0.436. The van der Waals surface area contributed by atoms with Crippen LogP contribution >= 0.6 is 24.0 Å². The summed E-state index contributed by atoms with van der Waals surface area (Å²) < 4.78 is 11.0. The summed E-state index contributed by atoms with van der Waals surface area (Å²) >= 11 is 0. The van der Waals surface area contributed by atoms with Crippen LogP contribution in [0.4, 0.5) is 0 Å². The van der Waals surface area contributed by atoms with E-state index in [9.17, 15) is 0 Å². The van der Waals surface area contributed by atoms with Gasteiger partial charge in [0, 0.05) is 38.6 Å². The van der Waals surface area contributed by atoms with Crippen molar-refractivity contribution in [2.45, 2.75) is 45.3 Å². The van der Waals surface area contributed by atoms with E-state index in [2.05, 4.69) is 36.4 Å². The number of aliphatic imine (C=N–C) groups is 1. The van der Waals surface area contributed by atoms with Gasteiger partial charge in [0.05, 0.1) is 11.9 Å². The van der Waals surface area contributed by atoms with E-state index >= 15 is 0 Å². The zero-order valence-electron chi connectivity index (χ0n) is 14.1. The average molecular weight is 421 g/mol. The molecule has 1 aromatic heterocycles. The molecule has 1 aromatic rings. The Morgan fingerprint density at radius 1 is 1.45 bits per heavy atom. The molecule has 0 amide bonds. The Hall–Kier alpha value is -0.760. The van der Waals surface area contributed by atoms with Crippen LogP contribution in [0.5, 0.6) is 0 Å². The zero-order valence-corrected chi connectivity index (χ0v) is 16.4. The van der Waals surface area contributed by atoms with Crippen molar-refractivity contribution in [2.75, 3.05) is 20.7 Å². The first-order chi connectivity index (χ1) is 9.93. The number of hydrogen-bond donors (Lipinski definition) is 2. The average Bonchev–Trinajstić information content (AvgIpc) is 2.98. The molecule has 1 heterocycles. The summed E-state index contributed by atoms with van der Waals surface area (Å²) in [7, 11) is 3.58. The first-order valence-electron chi connectivity index (χ1n) is 7.47. The summed E-state index contributed by atoms with van der Waals surface area (Å²) in [6.45, 7) is 7.42. The fourth-order valence-corrected chi connectivity index (χ4v) is 2.84. The molecular weight excluding hydrogens is 393 g/mol. The number of rotatable bonds is 5. The summed E-state index contributed by atoms with van der Waals surface area (Å²) in [5.41, 5.74) is -0.00192. The van der Waals surface area contributed by atoms with Crippen LogP contribution in [0, 0.1) is 5.41 Å². The Balaban J connectivity index is 0.00000242. The molecule has 22 heavy (non-hydrogen) atoms. The fourth-order valence-electron chi connectivity index (χ4n) is 2.84. The van der Waals surface area contributed by atoms with Crippen molar-refractivity contribution >= 4 is 29.9 Å². The van der Waals surface area contributed by atoms with Crippen LogP contribution in [-0.2, 0) is 11.2 Å². The first-order valence-corrected chi connectivity index (χ1v) is 7.47. The molecule has 0 saturated heterocycles. The van der Waals surface area contributed by atoms with Crippen molar-refractivity contribution in [1.82, 2.24) is 10.6 Å². The molecule has 126 valence electrons. The fraction of sp³-hybridized carbons (Fsp3) is 0.688. The molecule has 6 heteroatoms. The van der Waals surface area contributed by atoms with E-state index in [1.165, 1.54) is 0 Å². The summed E-state index contributed by atoms with van der Waals surface area (Å²) in [6, 6.07) is 4.25. The van der Waals surface area contributed by atoms with E-state index in [4.69, 9.17) is 9.15 Å². The molecule has 1 aliphatic carbocycles. The number of methoxy groups -OCH3 is 1. The van der Waals surface area contributed by atoms with Crippen LogP contribution in [-0.4, -0.2) is 38.3 Å². The third-order valence-electron chi connectivity index (χ3n) is 5.06. The van der Waals surface area contributed by atoms with Crippen LogP contribution in [0.3, 0.4) is 0 Å². The number of nitrogens with zero attached hydrogens (tertiary/aromatic N) is 1. The minimum atomic E-state index is -0.0717. The number of ether oxygens (including phenoxy) is 1. The minimum absolute atomic E-state index is 0. The van der Waals surface area contributed by atoms with Gasteiger partial charge >= 0.3 is 0 Å². The third kappa shape index (κ3) is 3.76.